The van der Waals surface area contributed by atoms with E-state index < -0.39 is 10.0 Å². The Balaban J connectivity index is 1.30. The molecule has 0 radical (unpaired) electrons. The molecule has 0 unspecified atom stereocenters. The van der Waals surface area contributed by atoms with Crippen LogP contribution in [0.2, 0.25) is 0 Å². The van der Waals surface area contributed by atoms with Crippen molar-refractivity contribution < 1.29 is 13.2 Å². The van der Waals surface area contributed by atoms with Crippen molar-refractivity contribution in [3.63, 3.8) is 0 Å². The van der Waals surface area contributed by atoms with Crippen LogP contribution in [-0.4, -0.2) is 24.3 Å². The number of hydrogen-bond donors (Lipinski definition) is 4. The Hall–Kier alpha value is -4.54. The Morgan fingerprint density at radius 3 is 2.32 bits per heavy atom. The van der Waals surface area contributed by atoms with E-state index in [1.807, 2.05) is 30.3 Å². The molecule has 0 aliphatic heterocycles. The first-order valence-electron chi connectivity index (χ1n) is 11.6. The predicted octanol–water partition coefficient (Wildman–Crippen LogP) is 5.18. The van der Waals surface area contributed by atoms with Gasteiger partial charge in [-0.1, -0.05) is 48.5 Å². The number of carbonyl (C=O) groups excluding carboxylic acids is 1. The fraction of sp³-hybridized carbons (Fsp3) is 0.0357. The molecule has 4 N–H and O–H groups in total. The number of thiocarbonyl (C=S) groups is 1. The number of nitrogens with one attached hydrogen (secondary N) is 4. The summed E-state index contributed by atoms with van der Waals surface area (Å²) < 4.78 is 27.6. The van der Waals surface area contributed by atoms with E-state index in [9.17, 15) is 13.2 Å². The number of hydrogen-bond acceptors (Lipinski definition) is 6. The SMILES string of the molecule is O=C(/C=C/NCc1ccccc1)c1cccc(NC(=S)Nc2ccc(S(=O)(=O)Nc3ccccn3)cc2)c1. The van der Waals surface area contributed by atoms with Crippen molar-refractivity contribution in [3.05, 3.63) is 127 Å². The first kappa shape index (κ1) is 26.5. The van der Waals surface area contributed by atoms with Crippen LogP contribution in [0.15, 0.2) is 120 Å². The van der Waals surface area contributed by atoms with E-state index >= 15 is 0 Å². The molecule has 192 valence electrons. The molecule has 0 fully saturated rings. The highest BCUT2D eigenvalue weighted by Gasteiger charge is 2.14. The minimum Gasteiger partial charge on any atom is -0.387 e. The highest BCUT2D eigenvalue weighted by molar-refractivity contribution is 7.92. The molecule has 0 bridgehead atoms. The molecular weight excluding hydrogens is 518 g/mol. The molecule has 3 aromatic carbocycles. The van der Waals surface area contributed by atoms with Crippen LogP contribution in [0.4, 0.5) is 17.2 Å². The van der Waals surface area contributed by atoms with E-state index in [1.165, 1.54) is 24.4 Å². The zero-order valence-corrected chi connectivity index (χ0v) is 21.8. The van der Waals surface area contributed by atoms with Gasteiger partial charge in [0.25, 0.3) is 10.0 Å². The molecular formula is C28H25N5O3S2. The van der Waals surface area contributed by atoms with E-state index in [0.29, 0.717) is 23.5 Å². The van der Waals surface area contributed by atoms with Crippen molar-refractivity contribution in [3.8, 4) is 0 Å². The van der Waals surface area contributed by atoms with Gasteiger partial charge in [0.05, 0.1) is 4.90 Å². The van der Waals surface area contributed by atoms with Gasteiger partial charge in [-0.15, -0.1) is 0 Å². The molecule has 0 aliphatic rings. The maximum atomic E-state index is 12.6. The number of carbonyl (C=O) groups is 1. The number of anilines is 3. The maximum Gasteiger partial charge on any atom is 0.263 e. The number of nitrogens with zero attached hydrogens (tertiary/aromatic N) is 1. The minimum absolute atomic E-state index is 0.0881. The average Bonchev–Trinajstić information content (AvgIpc) is 2.92. The third kappa shape index (κ3) is 7.73. The minimum atomic E-state index is -3.77. The second-order valence-electron chi connectivity index (χ2n) is 8.07. The number of benzene rings is 3. The molecule has 38 heavy (non-hydrogen) atoms. The van der Waals surface area contributed by atoms with E-state index in [-0.39, 0.29) is 21.6 Å². The van der Waals surface area contributed by atoms with Crippen molar-refractivity contribution in [1.29, 1.82) is 0 Å². The molecule has 1 heterocycles. The third-order valence-electron chi connectivity index (χ3n) is 5.23. The largest absolute Gasteiger partial charge is 0.387 e. The zero-order chi connectivity index (χ0) is 26.8. The van der Waals surface area contributed by atoms with Crippen LogP contribution < -0.4 is 20.7 Å². The highest BCUT2D eigenvalue weighted by Crippen LogP contribution is 2.18. The van der Waals surface area contributed by atoms with Gasteiger partial charge < -0.3 is 16.0 Å². The normalized spacial score (nSPS) is 11.1. The van der Waals surface area contributed by atoms with Crippen molar-refractivity contribution in [2.24, 2.45) is 0 Å². The number of sulfonamides is 1. The molecule has 0 amide bonds. The standard InChI is InChI=1S/C28H25N5O3S2/c34-26(16-18-29-20-21-7-2-1-3-8-21)22-9-6-10-24(19-22)32-28(37)31-23-12-14-25(15-13-23)38(35,36)33-27-11-4-5-17-30-27/h1-19,29H,20H2,(H,30,33)(H2,31,32,37)/b18-16+. The van der Waals surface area contributed by atoms with E-state index in [2.05, 4.69) is 25.7 Å². The zero-order valence-electron chi connectivity index (χ0n) is 20.2. The van der Waals surface area contributed by atoms with Gasteiger partial charge in [-0.05, 0) is 66.3 Å². The summed E-state index contributed by atoms with van der Waals surface area (Å²) in [7, 11) is -3.77. The summed E-state index contributed by atoms with van der Waals surface area (Å²) in [4.78, 5) is 16.6. The summed E-state index contributed by atoms with van der Waals surface area (Å²) in [6.45, 7) is 0.625. The summed E-state index contributed by atoms with van der Waals surface area (Å²) in [5, 5.41) is 9.45. The van der Waals surface area contributed by atoms with Gasteiger partial charge in [0, 0.05) is 42.0 Å². The van der Waals surface area contributed by atoms with Crippen LogP contribution in [0.3, 0.4) is 0 Å². The lowest BCUT2D eigenvalue weighted by atomic mass is 10.1. The summed E-state index contributed by atoms with van der Waals surface area (Å²) in [5.41, 5.74) is 2.86. The van der Waals surface area contributed by atoms with E-state index in [4.69, 9.17) is 12.2 Å². The fourth-order valence-corrected chi connectivity index (χ4v) is 4.63. The summed E-state index contributed by atoms with van der Waals surface area (Å²) in [5.74, 6) is 0.0870. The van der Waals surface area contributed by atoms with E-state index in [1.54, 1.807) is 60.8 Å². The topological polar surface area (TPSA) is 112 Å². The molecule has 0 atom stereocenters. The first-order valence-corrected chi connectivity index (χ1v) is 13.5. The quantitative estimate of drug-likeness (QED) is 0.123. The summed E-state index contributed by atoms with van der Waals surface area (Å²) >= 11 is 5.38. The lowest BCUT2D eigenvalue weighted by Crippen LogP contribution is -2.19. The van der Waals surface area contributed by atoms with Crippen LogP contribution in [0, 0.1) is 0 Å². The van der Waals surface area contributed by atoms with Gasteiger partial charge in [0.15, 0.2) is 10.9 Å². The van der Waals surface area contributed by atoms with Crippen molar-refractivity contribution >= 4 is 50.3 Å². The first-order chi connectivity index (χ1) is 18.4. The van der Waals surface area contributed by atoms with Crippen molar-refractivity contribution in [1.82, 2.24) is 10.3 Å². The van der Waals surface area contributed by atoms with Gasteiger partial charge in [-0.3, -0.25) is 9.52 Å². The highest BCUT2D eigenvalue weighted by atomic mass is 32.2. The number of ketones is 1. The smallest absolute Gasteiger partial charge is 0.263 e. The Morgan fingerprint density at radius 2 is 1.58 bits per heavy atom. The third-order valence-corrected chi connectivity index (χ3v) is 6.81. The fourth-order valence-electron chi connectivity index (χ4n) is 3.38. The molecule has 0 spiro atoms. The average molecular weight is 544 g/mol. The predicted molar refractivity (Wildman–Crippen MR) is 155 cm³/mol. The van der Waals surface area contributed by atoms with Crippen LogP contribution in [-0.2, 0) is 16.6 Å². The second-order valence-corrected chi connectivity index (χ2v) is 10.2. The van der Waals surface area contributed by atoms with Gasteiger partial charge in [0.1, 0.15) is 5.82 Å². The second kappa shape index (κ2) is 12.6. The van der Waals surface area contributed by atoms with Gasteiger partial charge in [-0.2, -0.15) is 0 Å². The summed E-state index contributed by atoms with van der Waals surface area (Å²) in [6.07, 6.45) is 4.62. The lowest BCUT2D eigenvalue weighted by Gasteiger charge is -2.12. The molecule has 10 heteroatoms. The van der Waals surface area contributed by atoms with Gasteiger partial charge in [-0.25, -0.2) is 13.4 Å². The molecule has 4 aromatic rings. The molecule has 4 rings (SSSR count). The van der Waals surface area contributed by atoms with Crippen LogP contribution in [0.5, 0.6) is 0 Å². The number of allylic oxidation sites excluding steroid dienone is 1. The van der Waals surface area contributed by atoms with Gasteiger partial charge >= 0.3 is 0 Å². The van der Waals surface area contributed by atoms with Crippen LogP contribution >= 0.6 is 12.2 Å². The monoisotopic (exact) mass is 543 g/mol. The Bertz CT molecular complexity index is 1530. The Morgan fingerprint density at radius 1 is 0.842 bits per heavy atom. The molecule has 8 nitrogen and oxygen atoms in total. The molecule has 0 saturated heterocycles. The number of rotatable bonds is 10. The Kier molecular flexibility index (Phi) is 8.81. The Labute approximate surface area is 226 Å². The number of pyridine rings is 1. The maximum absolute atomic E-state index is 12.6. The molecule has 1 aromatic heterocycles. The van der Waals surface area contributed by atoms with Crippen molar-refractivity contribution in [2.75, 3.05) is 15.4 Å². The van der Waals surface area contributed by atoms with Gasteiger partial charge in [0.2, 0.25) is 0 Å². The lowest BCUT2D eigenvalue weighted by molar-refractivity contribution is 0.104. The van der Waals surface area contributed by atoms with Crippen LogP contribution in [0.1, 0.15) is 15.9 Å². The molecule has 0 saturated carbocycles. The van der Waals surface area contributed by atoms with Crippen molar-refractivity contribution in [2.45, 2.75) is 11.4 Å². The summed E-state index contributed by atoms with van der Waals surface area (Å²) in [6, 6.07) is 28.0. The molecule has 0 aliphatic carbocycles. The van der Waals surface area contributed by atoms with Crippen LogP contribution in [0.25, 0.3) is 0 Å². The number of aromatic nitrogens is 1. The van der Waals surface area contributed by atoms with E-state index in [0.717, 1.165) is 5.56 Å².